The second-order valence-corrected chi connectivity index (χ2v) is 3.73. The van der Waals surface area contributed by atoms with Crippen molar-refractivity contribution in [1.82, 2.24) is 14.9 Å². The van der Waals surface area contributed by atoms with E-state index in [0.29, 0.717) is 11.7 Å². The summed E-state index contributed by atoms with van der Waals surface area (Å²) in [6, 6.07) is 2.10. The van der Waals surface area contributed by atoms with Gasteiger partial charge in [0, 0.05) is 18.9 Å². The molecule has 0 amide bonds. The van der Waals surface area contributed by atoms with Gasteiger partial charge in [0.05, 0.1) is 0 Å². The molecule has 74 valence electrons. The third-order valence-corrected chi connectivity index (χ3v) is 2.67. The minimum absolute atomic E-state index is 0.524. The van der Waals surface area contributed by atoms with E-state index in [1.54, 1.807) is 6.20 Å². The quantitative estimate of drug-likeness (QED) is 0.749. The Morgan fingerprint density at radius 2 is 2.64 bits per heavy atom. The number of rotatable bonds is 2. The molecule has 0 saturated carbocycles. The standard InChI is InChI=1S/C10H14N4/c11-6-10-13-4-5-14(10)8-9-2-1-3-12-7-9/h4-5,9,12H,1-3,7-8H2. The number of aromatic nitrogens is 2. The van der Waals surface area contributed by atoms with Crippen LogP contribution in [0.15, 0.2) is 12.4 Å². The van der Waals surface area contributed by atoms with Gasteiger partial charge in [-0.3, -0.25) is 0 Å². The van der Waals surface area contributed by atoms with E-state index in [-0.39, 0.29) is 0 Å². The van der Waals surface area contributed by atoms with Crippen molar-refractivity contribution in [3.05, 3.63) is 18.2 Å². The minimum atomic E-state index is 0.524. The molecule has 1 fully saturated rings. The highest BCUT2D eigenvalue weighted by Gasteiger charge is 2.14. The largest absolute Gasteiger partial charge is 0.322 e. The van der Waals surface area contributed by atoms with Crippen molar-refractivity contribution in [3.8, 4) is 6.07 Å². The molecule has 2 heterocycles. The highest BCUT2D eigenvalue weighted by atomic mass is 15.1. The number of hydrogen-bond acceptors (Lipinski definition) is 3. The van der Waals surface area contributed by atoms with Gasteiger partial charge in [0.25, 0.3) is 0 Å². The fraction of sp³-hybridized carbons (Fsp3) is 0.600. The maximum atomic E-state index is 8.79. The van der Waals surface area contributed by atoms with Gasteiger partial charge in [0.2, 0.25) is 5.82 Å². The molecule has 1 N–H and O–H groups in total. The molecule has 0 aromatic carbocycles. The number of nitriles is 1. The van der Waals surface area contributed by atoms with Crippen LogP contribution in [0.1, 0.15) is 18.7 Å². The number of imidazole rings is 1. The van der Waals surface area contributed by atoms with Gasteiger partial charge in [0.15, 0.2) is 0 Å². The van der Waals surface area contributed by atoms with Gasteiger partial charge in [-0.15, -0.1) is 0 Å². The van der Waals surface area contributed by atoms with Gasteiger partial charge < -0.3 is 9.88 Å². The summed E-state index contributed by atoms with van der Waals surface area (Å²) in [5.41, 5.74) is 0. The first kappa shape index (κ1) is 9.22. The first-order valence-electron chi connectivity index (χ1n) is 5.02. The topological polar surface area (TPSA) is 53.6 Å². The second-order valence-electron chi connectivity index (χ2n) is 3.73. The summed E-state index contributed by atoms with van der Waals surface area (Å²) in [6.45, 7) is 3.10. The van der Waals surface area contributed by atoms with Crippen molar-refractivity contribution in [2.75, 3.05) is 13.1 Å². The summed E-state index contributed by atoms with van der Waals surface area (Å²) >= 11 is 0. The van der Waals surface area contributed by atoms with Crippen LogP contribution < -0.4 is 5.32 Å². The summed E-state index contributed by atoms with van der Waals surface area (Å²) in [7, 11) is 0. The summed E-state index contributed by atoms with van der Waals surface area (Å²) < 4.78 is 1.94. The Morgan fingerprint density at radius 3 is 3.36 bits per heavy atom. The Morgan fingerprint density at radius 1 is 1.71 bits per heavy atom. The summed E-state index contributed by atoms with van der Waals surface area (Å²) in [6.07, 6.45) is 6.05. The maximum Gasteiger partial charge on any atom is 0.212 e. The van der Waals surface area contributed by atoms with Crippen LogP contribution in [0.3, 0.4) is 0 Å². The Labute approximate surface area is 83.6 Å². The van der Waals surface area contributed by atoms with Crippen LogP contribution in [-0.4, -0.2) is 22.6 Å². The van der Waals surface area contributed by atoms with Gasteiger partial charge in [-0.1, -0.05) is 0 Å². The lowest BCUT2D eigenvalue weighted by atomic mass is 10.00. The van der Waals surface area contributed by atoms with E-state index in [4.69, 9.17) is 5.26 Å². The Balaban J connectivity index is 1.99. The first-order valence-corrected chi connectivity index (χ1v) is 5.02. The van der Waals surface area contributed by atoms with Crippen LogP contribution in [0, 0.1) is 17.2 Å². The van der Waals surface area contributed by atoms with Gasteiger partial charge in [0.1, 0.15) is 6.07 Å². The van der Waals surface area contributed by atoms with E-state index in [9.17, 15) is 0 Å². The Kier molecular flexibility index (Phi) is 2.80. The molecule has 1 atom stereocenters. The maximum absolute atomic E-state index is 8.79. The van der Waals surface area contributed by atoms with E-state index in [1.165, 1.54) is 12.8 Å². The van der Waals surface area contributed by atoms with E-state index in [1.807, 2.05) is 10.8 Å². The van der Waals surface area contributed by atoms with Crippen molar-refractivity contribution >= 4 is 0 Å². The van der Waals surface area contributed by atoms with Gasteiger partial charge in [-0.25, -0.2) is 4.98 Å². The van der Waals surface area contributed by atoms with Crippen LogP contribution in [0.25, 0.3) is 0 Å². The minimum Gasteiger partial charge on any atom is -0.322 e. The zero-order valence-corrected chi connectivity index (χ0v) is 8.11. The molecule has 0 radical (unpaired) electrons. The molecule has 4 heteroatoms. The molecule has 1 unspecified atom stereocenters. The Hall–Kier alpha value is -1.34. The van der Waals surface area contributed by atoms with Gasteiger partial charge >= 0.3 is 0 Å². The number of nitrogens with one attached hydrogen (secondary N) is 1. The molecule has 2 rings (SSSR count). The predicted octanol–water partition coefficient (Wildman–Crippen LogP) is 0.754. The van der Waals surface area contributed by atoms with Crippen LogP contribution in [-0.2, 0) is 6.54 Å². The highest BCUT2D eigenvalue weighted by Crippen LogP contribution is 2.13. The van der Waals surface area contributed by atoms with Crippen molar-refractivity contribution < 1.29 is 0 Å². The lowest BCUT2D eigenvalue weighted by Gasteiger charge is -2.23. The lowest BCUT2D eigenvalue weighted by Crippen LogP contribution is -2.32. The van der Waals surface area contributed by atoms with Crippen molar-refractivity contribution in [1.29, 1.82) is 5.26 Å². The SMILES string of the molecule is N#Cc1nccn1CC1CCCNC1. The molecular weight excluding hydrogens is 176 g/mol. The summed E-state index contributed by atoms with van der Waals surface area (Å²) in [5.74, 6) is 1.17. The molecule has 1 aromatic heterocycles. The first-order chi connectivity index (χ1) is 6.90. The molecular formula is C10H14N4. The van der Waals surface area contributed by atoms with E-state index in [2.05, 4.69) is 16.4 Å². The predicted molar refractivity (Wildman–Crippen MR) is 52.5 cm³/mol. The van der Waals surface area contributed by atoms with Crippen LogP contribution >= 0.6 is 0 Å². The van der Waals surface area contributed by atoms with Gasteiger partial charge in [-0.2, -0.15) is 5.26 Å². The average molecular weight is 190 g/mol. The van der Waals surface area contributed by atoms with Crippen LogP contribution in [0.2, 0.25) is 0 Å². The van der Waals surface area contributed by atoms with E-state index in [0.717, 1.165) is 19.6 Å². The van der Waals surface area contributed by atoms with Gasteiger partial charge in [-0.05, 0) is 31.8 Å². The Bertz CT molecular complexity index is 330. The molecule has 14 heavy (non-hydrogen) atoms. The van der Waals surface area contributed by atoms with Crippen molar-refractivity contribution in [3.63, 3.8) is 0 Å². The second kappa shape index (κ2) is 4.25. The van der Waals surface area contributed by atoms with E-state index >= 15 is 0 Å². The number of hydrogen-bond donors (Lipinski definition) is 1. The van der Waals surface area contributed by atoms with Crippen molar-refractivity contribution in [2.24, 2.45) is 5.92 Å². The molecule has 1 aromatic rings. The fourth-order valence-electron chi connectivity index (χ4n) is 1.93. The highest BCUT2D eigenvalue weighted by molar-refractivity contribution is 5.11. The third-order valence-electron chi connectivity index (χ3n) is 2.67. The molecule has 0 spiro atoms. The normalized spacial score (nSPS) is 21.8. The molecule has 0 aliphatic carbocycles. The fourth-order valence-corrected chi connectivity index (χ4v) is 1.93. The third kappa shape index (κ3) is 1.94. The number of nitrogens with zero attached hydrogens (tertiary/aromatic N) is 3. The molecule has 1 aliphatic rings. The molecule has 4 nitrogen and oxygen atoms in total. The lowest BCUT2D eigenvalue weighted by molar-refractivity contribution is 0.336. The van der Waals surface area contributed by atoms with Crippen LogP contribution in [0.5, 0.6) is 0 Å². The molecule has 1 aliphatic heterocycles. The monoisotopic (exact) mass is 190 g/mol. The summed E-state index contributed by atoms with van der Waals surface area (Å²) in [5, 5.41) is 12.2. The zero-order valence-electron chi connectivity index (χ0n) is 8.11. The zero-order chi connectivity index (χ0) is 9.80. The molecule has 0 bridgehead atoms. The smallest absolute Gasteiger partial charge is 0.212 e. The van der Waals surface area contributed by atoms with E-state index < -0.39 is 0 Å². The molecule has 1 saturated heterocycles. The average Bonchev–Trinajstić information content (AvgIpc) is 2.67. The summed E-state index contributed by atoms with van der Waals surface area (Å²) in [4.78, 5) is 3.98. The van der Waals surface area contributed by atoms with Crippen molar-refractivity contribution in [2.45, 2.75) is 19.4 Å². The number of piperidine rings is 1. The van der Waals surface area contributed by atoms with Crippen LogP contribution in [0.4, 0.5) is 0 Å².